The minimum absolute atomic E-state index is 0.0509. The Hall–Kier alpha value is -4.19. The molecule has 0 bridgehead atoms. The summed E-state index contributed by atoms with van der Waals surface area (Å²) in [5.41, 5.74) is -0.239. The van der Waals surface area contributed by atoms with Crippen LogP contribution in [0, 0.1) is 21.7 Å². The number of rotatable bonds is 10. The Balaban J connectivity index is 1.71. The van der Waals surface area contributed by atoms with Crippen molar-refractivity contribution < 1.29 is 33.2 Å². The van der Waals surface area contributed by atoms with Crippen molar-refractivity contribution >= 4 is 23.5 Å². The first kappa shape index (κ1) is 25.4. The number of aliphatic carboxylic acids is 1. The number of ketones is 1. The van der Waals surface area contributed by atoms with Gasteiger partial charge in [-0.25, -0.2) is 18.4 Å². The van der Waals surface area contributed by atoms with E-state index in [-0.39, 0.29) is 54.1 Å². The largest absolute Gasteiger partial charge is 0.478 e. The topological polar surface area (TPSA) is 142 Å². The summed E-state index contributed by atoms with van der Waals surface area (Å²) in [4.78, 5) is 48.7. The number of nitrogens with one attached hydrogen (secondary N) is 2. The quantitative estimate of drug-likeness (QED) is 0.202. The highest BCUT2D eigenvalue weighted by Gasteiger charge is 2.38. The molecule has 2 amide bonds. The van der Waals surface area contributed by atoms with Crippen molar-refractivity contribution in [2.24, 2.45) is 0 Å². The molecule has 184 valence electrons. The van der Waals surface area contributed by atoms with Gasteiger partial charge in [-0.3, -0.25) is 14.9 Å². The van der Waals surface area contributed by atoms with Crippen LogP contribution in [0.25, 0.3) is 0 Å². The maximum absolute atomic E-state index is 13.7. The number of benzene rings is 2. The Morgan fingerprint density at radius 2 is 1.97 bits per heavy atom. The SMILES string of the molecule is CC1=C(C(=O)O)C(c2cccc([N+](=O)[O-])c2)N(CCCNCC(=O)c2ccc(F)cc2F)C(=O)N1. The van der Waals surface area contributed by atoms with Gasteiger partial charge in [0.15, 0.2) is 5.78 Å². The normalized spacial score (nSPS) is 15.7. The Morgan fingerprint density at radius 1 is 1.23 bits per heavy atom. The van der Waals surface area contributed by atoms with Gasteiger partial charge in [0, 0.05) is 30.4 Å². The van der Waals surface area contributed by atoms with Crippen LogP contribution >= 0.6 is 0 Å². The molecule has 1 aliphatic rings. The van der Waals surface area contributed by atoms with E-state index in [1.165, 1.54) is 36.1 Å². The molecule has 10 nitrogen and oxygen atoms in total. The van der Waals surface area contributed by atoms with Crippen LogP contribution in [-0.4, -0.2) is 52.3 Å². The molecular weight excluding hydrogens is 466 g/mol. The fraction of sp³-hybridized carbons (Fsp3) is 0.261. The lowest BCUT2D eigenvalue weighted by Gasteiger charge is -2.37. The monoisotopic (exact) mass is 488 g/mol. The minimum Gasteiger partial charge on any atom is -0.478 e. The summed E-state index contributed by atoms with van der Waals surface area (Å²) in [6.07, 6.45) is 0.282. The van der Waals surface area contributed by atoms with E-state index >= 15 is 0 Å². The van der Waals surface area contributed by atoms with Crippen molar-refractivity contribution in [3.63, 3.8) is 0 Å². The highest BCUT2D eigenvalue weighted by molar-refractivity contribution is 5.97. The molecule has 3 N–H and O–H groups in total. The number of urea groups is 1. The summed E-state index contributed by atoms with van der Waals surface area (Å²) in [6, 6.07) is 6.41. The molecule has 0 aliphatic carbocycles. The number of carbonyl (C=O) groups is 3. The summed E-state index contributed by atoms with van der Waals surface area (Å²) in [6.45, 7) is 1.47. The second-order valence-corrected chi connectivity index (χ2v) is 7.80. The van der Waals surface area contributed by atoms with Crippen molar-refractivity contribution in [2.45, 2.75) is 19.4 Å². The Labute approximate surface area is 198 Å². The van der Waals surface area contributed by atoms with Gasteiger partial charge < -0.3 is 20.6 Å². The second-order valence-electron chi connectivity index (χ2n) is 7.80. The van der Waals surface area contributed by atoms with E-state index < -0.39 is 40.4 Å². The summed E-state index contributed by atoms with van der Waals surface area (Å²) >= 11 is 0. The fourth-order valence-electron chi connectivity index (χ4n) is 3.83. The molecule has 3 rings (SSSR count). The van der Waals surface area contributed by atoms with Gasteiger partial charge >= 0.3 is 12.0 Å². The molecule has 1 atom stereocenters. The van der Waals surface area contributed by atoms with Gasteiger partial charge in [0.1, 0.15) is 11.6 Å². The molecular formula is C23H22F2N4O6. The number of carbonyl (C=O) groups excluding carboxylic acids is 2. The molecule has 0 radical (unpaired) electrons. The standard InChI is InChI=1S/C23H22F2N4O6/c1-13-20(22(31)32)21(14-4-2-5-16(10-14)29(34)35)28(23(33)27-13)9-3-8-26-12-19(30)17-7-6-15(24)11-18(17)25/h2,4-7,10-11,21,26H,3,8-9,12H2,1H3,(H,27,33)(H,31,32). The van der Waals surface area contributed by atoms with Crippen molar-refractivity contribution in [1.82, 2.24) is 15.5 Å². The molecule has 0 saturated carbocycles. The molecule has 35 heavy (non-hydrogen) atoms. The van der Waals surface area contributed by atoms with Crippen LogP contribution in [0.3, 0.4) is 0 Å². The Kier molecular flexibility index (Phi) is 7.87. The number of carboxylic acid groups (broad SMARTS) is 1. The maximum Gasteiger partial charge on any atom is 0.335 e. The third kappa shape index (κ3) is 5.84. The summed E-state index contributed by atoms with van der Waals surface area (Å²) in [7, 11) is 0. The van der Waals surface area contributed by atoms with E-state index in [2.05, 4.69) is 10.6 Å². The van der Waals surface area contributed by atoms with Gasteiger partial charge in [0.25, 0.3) is 5.69 Å². The van der Waals surface area contributed by atoms with E-state index in [9.17, 15) is 38.4 Å². The molecule has 1 aliphatic heterocycles. The van der Waals surface area contributed by atoms with Gasteiger partial charge in [-0.05, 0) is 37.6 Å². The maximum atomic E-state index is 13.7. The summed E-state index contributed by atoms with van der Waals surface area (Å²) in [5.74, 6) is -3.63. The van der Waals surface area contributed by atoms with Crippen molar-refractivity contribution in [3.05, 3.63) is 86.6 Å². The number of Topliss-reactive ketones (excluding diaryl/α,β-unsaturated/α-hetero) is 1. The number of nitrogens with zero attached hydrogens (tertiary/aromatic N) is 2. The molecule has 2 aromatic rings. The zero-order valence-corrected chi connectivity index (χ0v) is 18.6. The van der Waals surface area contributed by atoms with Gasteiger partial charge in [-0.2, -0.15) is 0 Å². The number of nitro benzene ring substituents is 1. The molecule has 0 spiro atoms. The second kappa shape index (κ2) is 10.8. The number of allylic oxidation sites excluding steroid dienone is 1. The molecule has 0 saturated heterocycles. The highest BCUT2D eigenvalue weighted by Crippen LogP contribution is 2.35. The zero-order valence-electron chi connectivity index (χ0n) is 18.6. The van der Waals surface area contributed by atoms with Crippen molar-refractivity contribution in [1.29, 1.82) is 0 Å². The Morgan fingerprint density at radius 3 is 2.63 bits per heavy atom. The van der Waals surface area contributed by atoms with E-state index in [4.69, 9.17) is 0 Å². The van der Waals surface area contributed by atoms with Crippen molar-refractivity contribution in [2.75, 3.05) is 19.6 Å². The van der Waals surface area contributed by atoms with E-state index in [0.29, 0.717) is 6.07 Å². The highest BCUT2D eigenvalue weighted by atomic mass is 19.1. The lowest BCUT2D eigenvalue weighted by Crippen LogP contribution is -2.49. The lowest BCUT2D eigenvalue weighted by atomic mass is 9.93. The van der Waals surface area contributed by atoms with Crippen LogP contribution in [-0.2, 0) is 4.79 Å². The smallest absolute Gasteiger partial charge is 0.335 e. The predicted molar refractivity (Wildman–Crippen MR) is 120 cm³/mol. The lowest BCUT2D eigenvalue weighted by molar-refractivity contribution is -0.384. The van der Waals surface area contributed by atoms with Crippen LogP contribution < -0.4 is 10.6 Å². The third-order valence-electron chi connectivity index (χ3n) is 5.44. The van der Waals surface area contributed by atoms with Crippen LogP contribution in [0.1, 0.15) is 35.3 Å². The molecule has 12 heteroatoms. The predicted octanol–water partition coefficient (Wildman–Crippen LogP) is 3.16. The number of hydrogen-bond acceptors (Lipinski definition) is 6. The fourth-order valence-corrected chi connectivity index (χ4v) is 3.83. The third-order valence-corrected chi connectivity index (χ3v) is 5.44. The number of amides is 2. The molecule has 1 unspecified atom stereocenters. The van der Waals surface area contributed by atoms with Crippen LogP contribution in [0.2, 0.25) is 0 Å². The molecule has 0 aromatic heterocycles. The number of non-ortho nitro benzene ring substituents is 1. The number of hydrogen-bond donors (Lipinski definition) is 3. The number of halogens is 2. The zero-order chi connectivity index (χ0) is 25.7. The van der Waals surface area contributed by atoms with Gasteiger partial charge in [0.05, 0.1) is 28.6 Å². The first-order valence-electron chi connectivity index (χ1n) is 10.5. The molecule has 2 aromatic carbocycles. The summed E-state index contributed by atoms with van der Waals surface area (Å²) < 4.78 is 26.8. The van der Waals surface area contributed by atoms with Crippen LogP contribution in [0.5, 0.6) is 0 Å². The number of nitro groups is 1. The van der Waals surface area contributed by atoms with E-state index in [1.807, 2.05) is 0 Å². The number of carboxylic acids is 1. The molecule has 1 heterocycles. The average molecular weight is 488 g/mol. The van der Waals surface area contributed by atoms with Crippen LogP contribution in [0.4, 0.5) is 19.3 Å². The van der Waals surface area contributed by atoms with E-state index in [0.717, 1.165) is 12.1 Å². The molecule has 0 fully saturated rings. The van der Waals surface area contributed by atoms with Gasteiger partial charge in [-0.1, -0.05) is 12.1 Å². The minimum atomic E-state index is -1.28. The van der Waals surface area contributed by atoms with Gasteiger partial charge in [0.2, 0.25) is 0 Å². The first-order chi connectivity index (χ1) is 16.6. The average Bonchev–Trinajstić information content (AvgIpc) is 2.79. The first-order valence-corrected chi connectivity index (χ1v) is 10.5. The van der Waals surface area contributed by atoms with Crippen LogP contribution in [0.15, 0.2) is 53.7 Å². The van der Waals surface area contributed by atoms with E-state index in [1.54, 1.807) is 0 Å². The summed E-state index contributed by atoms with van der Waals surface area (Å²) in [5, 5.41) is 26.3. The Bertz CT molecular complexity index is 1220. The van der Waals surface area contributed by atoms with Crippen molar-refractivity contribution in [3.8, 4) is 0 Å². The van der Waals surface area contributed by atoms with Gasteiger partial charge in [-0.15, -0.1) is 0 Å².